The maximum atomic E-state index is 12.1. The summed E-state index contributed by atoms with van der Waals surface area (Å²) in [5.74, 6) is 1.64. The second-order valence-electron chi connectivity index (χ2n) is 9.66. The minimum atomic E-state index is -2.96. The van der Waals surface area contributed by atoms with Crippen molar-refractivity contribution >= 4 is 49.9 Å². The highest BCUT2D eigenvalue weighted by molar-refractivity contribution is 7.91. The number of ether oxygens (including phenoxy) is 1. The van der Waals surface area contributed by atoms with Crippen molar-refractivity contribution < 1.29 is 13.2 Å². The molecule has 192 valence electrons. The molecule has 5 heterocycles. The molecule has 0 saturated carbocycles. The Balaban J connectivity index is 1.20. The fraction of sp³-hybridized carbons (Fsp3) is 0.333. The molecule has 1 aromatic carbocycles. The minimum absolute atomic E-state index is 0.167. The van der Waals surface area contributed by atoms with E-state index in [1.807, 2.05) is 17.0 Å². The third kappa shape index (κ3) is 4.61. The number of benzene rings is 1. The number of H-pyrrole nitrogens is 1. The largest absolute Gasteiger partial charge is 0.471 e. The van der Waals surface area contributed by atoms with Crippen LogP contribution in [0.15, 0.2) is 43.0 Å². The Bertz CT molecular complexity index is 1570. The van der Waals surface area contributed by atoms with Crippen molar-refractivity contribution in [2.75, 3.05) is 29.5 Å². The van der Waals surface area contributed by atoms with Crippen LogP contribution in [0.5, 0.6) is 5.75 Å². The van der Waals surface area contributed by atoms with Gasteiger partial charge in [-0.15, -0.1) is 0 Å². The highest BCUT2D eigenvalue weighted by Crippen LogP contribution is 2.41. The molecule has 6 rings (SSSR count). The van der Waals surface area contributed by atoms with Crippen LogP contribution in [0.2, 0.25) is 10.0 Å². The van der Waals surface area contributed by atoms with E-state index in [1.54, 1.807) is 18.5 Å². The van der Waals surface area contributed by atoms with Crippen molar-refractivity contribution in [3.8, 4) is 17.0 Å². The molecule has 2 aliphatic rings. The number of nitrogens with zero attached hydrogens (tertiary/aromatic N) is 5. The summed E-state index contributed by atoms with van der Waals surface area (Å²) in [5.41, 5.74) is 8.72. The first-order chi connectivity index (χ1) is 17.7. The number of hydrogen-bond acceptors (Lipinski definition) is 9. The molecular weight excluding hydrogens is 537 g/mol. The maximum absolute atomic E-state index is 12.1. The SMILES string of the molecule is N[C@@H](Oc1ccc2[nH]nc(-c3cnc(N4CC5(CCCS(=O)(=O)C5)C4)nc3)c2c1)c1c(Cl)cncc1Cl. The third-order valence-electron chi connectivity index (χ3n) is 6.91. The molecule has 0 amide bonds. The Labute approximate surface area is 223 Å². The van der Waals surface area contributed by atoms with Gasteiger partial charge in [0.25, 0.3) is 0 Å². The summed E-state index contributed by atoms with van der Waals surface area (Å²) in [6, 6.07) is 5.45. The summed E-state index contributed by atoms with van der Waals surface area (Å²) in [5, 5.41) is 8.90. The zero-order chi connectivity index (χ0) is 25.8. The average Bonchev–Trinajstić information content (AvgIpc) is 3.25. The molecule has 0 unspecified atom stereocenters. The number of pyridine rings is 1. The molecule has 2 aliphatic heterocycles. The van der Waals surface area contributed by atoms with Crippen LogP contribution < -0.4 is 15.4 Å². The van der Waals surface area contributed by atoms with Crippen LogP contribution in [0.25, 0.3) is 22.2 Å². The number of aromatic amines is 1. The summed E-state index contributed by atoms with van der Waals surface area (Å²) in [6.07, 6.45) is 7.12. The van der Waals surface area contributed by atoms with Crippen molar-refractivity contribution in [3.05, 3.63) is 58.6 Å². The Hall–Kier alpha value is -2.99. The van der Waals surface area contributed by atoms with E-state index >= 15 is 0 Å². The molecular formula is C24H23Cl2N7O3S. The van der Waals surface area contributed by atoms with E-state index < -0.39 is 16.1 Å². The third-order valence-corrected chi connectivity index (χ3v) is 9.47. The predicted octanol–water partition coefficient (Wildman–Crippen LogP) is 3.77. The smallest absolute Gasteiger partial charge is 0.225 e. The molecule has 0 aliphatic carbocycles. The van der Waals surface area contributed by atoms with Gasteiger partial charge in [0, 0.05) is 59.8 Å². The number of sulfone groups is 1. The molecule has 0 bridgehead atoms. The van der Waals surface area contributed by atoms with Gasteiger partial charge in [-0.1, -0.05) is 23.2 Å². The van der Waals surface area contributed by atoms with E-state index in [-0.39, 0.29) is 11.2 Å². The van der Waals surface area contributed by atoms with Crippen molar-refractivity contribution in [2.45, 2.75) is 19.1 Å². The number of rotatable bonds is 5. The van der Waals surface area contributed by atoms with Gasteiger partial charge >= 0.3 is 0 Å². The maximum Gasteiger partial charge on any atom is 0.225 e. The monoisotopic (exact) mass is 559 g/mol. The van der Waals surface area contributed by atoms with Crippen LogP contribution in [0.1, 0.15) is 24.6 Å². The fourth-order valence-corrected chi connectivity index (χ4v) is 7.79. The highest BCUT2D eigenvalue weighted by atomic mass is 35.5. The Morgan fingerprint density at radius 2 is 1.84 bits per heavy atom. The zero-order valence-electron chi connectivity index (χ0n) is 19.6. The first-order valence-corrected chi connectivity index (χ1v) is 14.3. The van der Waals surface area contributed by atoms with Gasteiger partial charge in [-0.05, 0) is 31.0 Å². The number of nitrogens with one attached hydrogen (secondary N) is 1. The van der Waals surface area contributed by atoms with Crippen molar-refractivity contribution in [3.63, 3.8) is 0 Å². The molecule has 37 heavy (non-hydrogen) atoms. The molecule has 0 radical (unpaired) electrons. The number of fused-ring (bicyclic) bond motifs is 1. The lowest BCUT2D eigenvalue weighted by Crippen LogP contribution is -2.61. The zero-order valence-corrected chi connectivity index (χ0v) is 21.9. The van der Waals surface area contributed by atoms with Crippen LogP contribution in [-0.2, 0) is 9.84 Å². The van der Waals surface area contributed by atoms with Gasteiger partial charge in [0.1, 0.15) is 11.4 Å². The first kappa shape index (κ1) is 24.4. The van der Waals surface area contributed by atoms with Crippen molar-refractivity contribution in [1.29, 1.82) is 0 Å². The van der Waals surface area contributed by atoms with Crippen molar-refractivity contribution in [2.24, 2.45) is 11.1 Å². The normalized spacial score (nSPS) is 19.1. The Morgan fingerprint density at radius 1 is 1.11 bits per heavy atom. The highest BCUT2D eigenvalue weighted by Gasteiger charge is 2.48. The summed E-state index contributed by atoms with van der Waals surface area (Å²) in [4.78, 5) is 15.0. The lowest BCUT2D eigenvalue weighted by Gasteiger charge is -2.51. The van der Waals surface area contributed by atoms with Gasteiger partial charge in [0.05, 0.1) is 27.1 Å². The van der Waals surface area contributed by atoms with E-state index in [1.165, 1.54) is 12.4 Å². The molecule has 3 aromatic heterocycles. The van der Waals surface area contributed by atoms with Crippen molar-refractivity contribution in [1.82, 2.24) is 25.1 Å². The van der Waals surface area contributed by atoms with Crippen LogP contribution in [0.3, 0.4) is 0 Å². The molecule has 1 spiro atoms. The topological polar surface area (TPSA) is 140 Å². The first-order valence-electron chi connectivity index (χ1n) is 11.7. The minimum Gasteiger partial charge on any atom is -0.471 e. The standard InChI is InChI=1S/C24H23Cl2N7O3S/c25-17-9-28-10-18(26)20(17)22(27)36-15-2-3-19-16(6-15)21(32-31-19)14-7-29-23(30-8-14)33-11-24(12-33)4-1-5-37(34,35)13-24/h2-3,6-10,22H,1,4-5,11-13,27H2,(H,31,32)/t22-/m0/s1. The van der Waals surface area contributed by atoms with Gasteiger partial charge in [-0.25, -0.2) is 18.4 Å². The van der Waals surface area contributed by atoms with Crippen LogP contribution in [0.4, 0.5) is 5.95 Å². The van der Waals surface area contributed by atoms with Crippen LogP contribution in [0, 0.1) is 5.41 Å². The van der Waals surface area contributed by atoms with E-state index in [2.05, 4.69) is 25.1 Å². The number of nitrogens with two attached hydrogens (primary N) is 1. The quantitative estimate of drug-likeness (QED) is 0.349. The van der Waals surface area contributed by atoms with Crippen LogP contribution >= 0.6 is 23.2 Å². The molecule has 13 heteroatoms. The second kappa shape index (κ2) is 9.09. The van der Waals surface area contributed by atoms with Gasteiger partial charge in [0.2, 0.25) is 5.95 Å². The van der Waals surface area contributed by atoms with E-state index in [0.29, 0.717) is 51.8 Å². The lowest BCUT2D eigenvalue weighted by atomic mass is 9.78. The summed E-state index contributed by atoms with van der Waals surface area (Å²) < 4.78 is 30.1. The number of anilines is 1. The summed E-state index contributed by atoms with van der Waals surface area (Å²) in [6.45, 7) is 1.31. The summed E-state index contributed by atoms with van der Waals surface area (Å²) >= 11 is 12.4. The molecule has 1 atom stereocenters. The van der Waals surface area contributed by atoms with E-state index in [0.717, 1.165) is 29.3 Å². The molecule has 4 aromatic rings. The average molecular weight is 560 g/mol. The second-order valence-corrected chi connectivity index (χ2v) is 12.7. The molecule has 3 N–H and O–H groups in total. The van der Waals surface area contributed by atoms with Gasteiger partial charge in [0.15, 0.2) is 16.1 Å². The summed E-state index contributed by atoms with van der Waals surface area (Å²) in [7, 11) is -2.96. The Morgan fingerprint density at radius 3 is 2.54 bits per heavy atom. The molecule has 2 fully saturated rings. The van der Waals surface area contributed by atoms with Gasteiger partial charge < -0.3 is 9.64 Å². The number of hydrogen-bond donors (Lipinski definition) is 2. The van der Waals surface area contributed by atoms with Gasteiger partial charge in [-0.3, -0.25) is 15.8 Å². The van der Waals surface area contributed by atoms with E-state index in [9.17, 15) is 8.42 Å². The predicted molar refractivity (Wildman–Crippen MR) is 141 cm³/mol. The van der Waals surface area contributed by atoms with Crippen LogP contribution in [-0.4, -0.2) is 58.2 Å². The van der Waals surface area contributed by atoms with Gasteiger partial charge in [-0.2, -0.15) is 5.10 Å². The van der Waals surface area contributed by atoms with E-state index in [4.69, 9.17) is 33.7 Å². The Kier molecular flexibility index (Phi) is 5.98. The molecule has 10 nitrogen and oxygen atoms in total. The number of aromatic nitrogens is 5. The fourth-order valence-electron chi connectivity index (χ4n) is 5.22. The molecule has 2 saturated heterocycles. The lowest BCUT2D eigenvalue weighted by molar-refractivity contribution is 0.214. The number of halogens is 2.